The van der Waals surface area contributed by atoms with E-state index in [2.05, 4.69) is 4.72 Å². The van der Waals surface area contributed by atoms with E-state index in [4.69, 9.17) is 22.4 Å². The van der Waals surface area contributed by atoms with Gasteiger partial charge in [-0.05, 0) is 18.2 Å². The molecule has 0 aliphatic carbocycles. The van der Waals surface area contributed by atoms with Crippen molar-refractivity contribution in [3.8, 4) is 0 Å². The second kappa shape index (κ2) is 5.52. The van der Waals surface area contributed by atoms with Gasteiger partial charge in [-0.25, -0.2) is 13.1 Å². The molecule has 7 heteroatoms. The van der Waals surface area contributed by atoms with Gasteiger partial charge in [-0.3, -0.25) is 0 Å². The van der Waals surface area contributed by atoms with Gasteiger partial charge in [-0.1, -0.05) is 24.4 Å². The van der Waals surface area contributed by atoms with Crippen LogP contribution in [0.5, 0.6) is 0 Å². The van der Waals surface area contributed by atoms with Gasteiger partial charge in [-0.15, -0.1) is 0 Å². The lowest BCUT2D eigenvalue weighted by Crippen LogP contribution is -2.23. The Balaban J connectivity index is 2.19. The molecule has 0 spiro atoms. The first-order valence-electron chi connectivity index (χ1n) is 5.39. The summed E-state index contributed by atoms with van der Waals surface area (Å²) in [5.41, 5.74) is 6.74. The number of thiocarbonyl (C=S) groups is 1. The highest BCUT2D eigenvalue weighted by atomic mass is 32.2. The van der Waals surface area contributed by atoms with Crippen LogP contribution in [0.3, 0.4) is 0 Å². The van der Waals surface area contributed by atoms with Gasteiger partial charge in [0.1, 0.15) is 4.99 Å². The Bertz CT molecular complexity index is 679. The number of furan rings is 1. The molecule has 0 radical (unpaired) electrons. The van der Waals surface area contributed by atoms with E-state index < -0.39 is 10.0 Å². The number of nitrogens with one attached hydrogen (secondary N) is 1. The predicted molar refractivity (Wildman–Crippen MR) is 75.1 cm³/mol. The molecule has 100 valence electrons. The van der Waals surface area contributed by atoms with Crippen LogP contribution >= 0.6 is 12.2 Å². The minimum Gasteiger partial charge on any atom is -0.472 e. The Labute approximate surface area is 116 Å². The second-order valence-electron chi connectivity index (χ2n) is 3.85. The quantitative estimate of drug-likeness (QED) is 0.814. The maximum atomic E-state index is 12.1. The average molecular weight is 296 g/mol. The third-order valence-corrected chi connectivity index (χ3v) is 4.11. The van der Waals surface area contributed by atoms with E-state index in [9.17, 15) is 8.42 Å². The van der Waals surface area contributed by atoms with Crippen molar-refractivity contribution in [1.82, 2.24) is 4.72 Å². The van der Waals surface area contributed by atoms with Crippen molar-refractivity contribution in [2.45, 2.75) is 11.4 Å². The average Bonchev–Trinajstić information content (AvgIpc) is 2.90. The van der Waals surface area contributed by atoms with Crippen LogP contribution < -0.4 is 10.5 Å². The molecule has 0 saturated carbocycles. The Morgan fingerprint density at radius 2 is 2.16 bits per heavy atom. The molecular formula is C12H12N2O3S2. The molecular weight excluding hydrogens is 284 g/mol. The SMILES string of the molecule is NC(=S)c1cccc(S(=O)(=O)NCc2ccoc2)c1. The van der Waals surface area contributed by atoms with E-state index in [-0.39, 0.29) is 16.4 Å². The third kappa shape index (κ3) is 3.40. The molecule has 19 heavy (non-hydrogen) atoms. The molecule has 0 aliphatic heterocycles. The number of benzene rings is 1. The molecule has 3 N–H and O–H groups in total. The van der Waals surface area contributed by atoms with Gasteiger partial charge in [0, 0.05) is 17.7 Å². The van der Waals surface area contributed by atoms with E-state index in [0.717, 1.165) is 5.56 Å². The fraction of sp³-hybridized carbons (Fsp3) is 0.0833. The maximum absolute atomic E-state index is 12.1. The van der Waals surface area contributed by atoms with Crippen LogP contribution in [0.25, 0.3) is 0 Å². The highest BCUT2D eigenvalue weighted by Crippen LogP contribution is 2.12. The van der Waals surface area contributed by atoms with Crippen molar-refractivity contribution < 1.29 is 12.8 Å². The van der Waals surface area contributed by atoms with Gasteiger partial charge < -0.3 is 10.2 Å². The van der Waals surface area contributed by atoms with Gasteiger partial charge in [0.25, 0.3) is 0 Å². The predicted octanol–water partition coefficient (Wildman–Crippen LogP) is 1.39. The number of sulfonamides is 1. The van der Waals surface area contributed by atoms with E-state index in [1.54, 1.807) is 18.2 Å². The van der Waals surface area contributed by atoms with Crippen molar-refractivity contribution in [3.05, 3.63) is 54.0 Å². The Morgan fingerprint density at radius 1 is 1.37 bits per heavy atom. The van der Waals surface area contributed by atoms with Crippen molar-refractivity contribution >= 4 is 27.2 Å². The first kappa shape index (κ1) is 13.7. The van der Waals surface area contributed by atoms with Gasteiger partial charge in [0.05, 0.1) is 17.4 Å². The van der Waals surface area contributed by atoms with E-state index in [1.165, 1.54) is 24.7 Å². The maximum Gasteiger partial charge on any atom is 0.240 e. The molecule has 1 aromatic heterocycles. The smallest absolute Gasteiger partial charge is 0.240 e. The van der Waals surface area contributed by atoms with Gasteiger partial charge in [0.15, 0.2) is 0 Å². The molecule has 1 aromatic carbocycles. The van der Waals surface area contributed by atoms with Crippen LogP contribution in [0.4, 0.5) is 0 Å². The lowest BCUT2D eigenvalue weighted by Gasteiger charge is -2.07. The number of nitrogens with two attached hydrogens (primary N) is 1. The summed E-state index contributed by atoms with van der Waals surface area (Å²) in [6.07, 6.45) is 2.96. The molecule has 0 bridgehead atoms. The van der Waals surface area contributed by atoms with Crippen LogP contribution in [-0.2, 0) is 16.6 Å². The van der Waals surface area contributed by atoms with Gasteiger partial charge >= 0.3 is 0 Å². The van der Waals surface area contributed by atoms with Crippen LogP contribution in [0.2, 0.25) is 0 Å². The Kier molecular flexibility index (Phi) is 3.98. The first-order chi connectivity index (χ1) is 8.99. The summed E-state index contributed by atoms with van der Waals surface area (Å²) in [6.45, 7) is 0.163. The third-order valence-electron chi connectivity index (χ3n) is 2.48. The topological polar surface area (TPSA) is 85.3 Å². The summed E-state index contributed by atoms with van der Waals surface area (Å²) >= 11 is 4.82. The standard InChI is InChI=1S/C12H12N2O3S2/c13-12(18)10-2-1-3-11(6-10)19(15,16)14-7-9-4-5-17-8-9/h1-6,8,14H,7H2,(H2,13,18). The Hall–Kier alpha value is -1.70. The van der Waals surface area contributed by atoms with Crippen molar-refractivity contribution in [3.63, 3.8) is 0 Å². The summed E-state index contributed by atoms with van der Waals surface area (Å²) in [6, 6.07) is 7.88. The van der Waals surface area contributed by atoms with E-state index >= 15 is 0 Å². The zero-order valence-corrected chi connectivity index (χ0v) is 11.5. The van der Waals surface area contributed by atoms with Gasteiger partial charge in [0.2, 0.25) is 10.0 Å². The van der Waals surface area contributed by atoms with Crippen molar-refractivity contribution in [2.24, 2.45) is 5.73 Å². The lowest BCUT2D eigenvalue weighted by atomic mass is 10.2. The van der Waals surface area contributed by atoms with E-state index in [0.29, 0.717) is 5.56 Å². The number of hydrogen-bond acceptors (Lipinski definition) is 4. The summed E-state index contributed by atoms with van der Waals surface area (Å²) in [7, 11) is -3.60. The summed E-state index contributed by atoms with van der Waals surface area (Å²) in [4.78, 5) is 0.285. The highest BCUT2D eigenvalue weighted by Gasteiger charge is 2.14. The first-order valence-corrected chi connectivity index (χ1v) is 7.29. The number of rotatable bonds is 5. The molecule has 0 unspecified atom stereocenters. The van der Waals surface area contributed by atoms with Gasteiger partial charge in [-0.2, -0.15) is 0 Å². The monoisotopic (exact) mass is 296 g/mol. The molecule has 1 heterocycles. The molecule has 0 fully saturated rings. The Morgan fingerprint density at radius 3 is 2.79 bits per heavy atom. The largest absolute Gasteiger partial charge is 0.472 e. The van der Waals surface area contributed by atoms with Crippen LogP contribution in [-0.4, -0.2) is 13.4 Å². The molecule has 0 amide bonds. The highest BCUT2D eigenvalue weighted by molar-refractivity contribution is 7.89. The summed E-state index contributed by atoms with van der Waals surface area (Å²) < 4.78 is 31.5. The van der Waals surface area contributed by atoms with E-state index in [1.807, 2.05) is 0 Å². The summed E-state index contributed by atoms with van der Waals surface area (Å²) in [5.74, 6) is 0. The minimum absolute atomic E-state index is 0.126. The lowest BCUT2D eigenvalue weighted by molar-refractivity contribution is 0.561. The molecule has 5 nitrogen and oxygen atoms in total. The molecule has 2 rings (SSSR count). The zero-order valence-electron chi connectivity index (χ0n) is 9.87. The van der Waals surface area contributed by atoms with Crippen LogP contribution in [0.1, 0.15) is 11.1 Å². The molecule has 0 saturated heterocycles. The van der Waals surface area contributed by atoms with Crippen LogP contribution in [0, 0.1) is 0 Å². The molecule has 0 aliphatic rings. The molecule has 2 aromatic rings. The second-order valence-corrected chi connectivity index (χ2v) is 6.06. The summed E-state index contributed by atoms with van der Waals surface area (Å²) in [5, 5.41) is 0. The van der Waals surface area contributed by atoms with Crippen LogP contribution in [0.15, 0.2) is 52.2 Å². The fourth-order valence-electron chi connectivity index (χ4n) is 1.47. The number of hydrogen-bond donors (Lipinski definition) is 2. The fourth-order valence-corrected chi connectivity index (χ4v) is 2.66. The van der Waals surface area contributed by atoms with Crippen molar-refractivity contribution in [2.75, 3.05) is 0 Å². The van der Waals surface area contributed by atoms with Crippen molar-refractivity contribution in [1.29, 1.82) is 0 Å². The molecule has 0 atom stereocenters. The normalized spacial score (nSPS) is 11.4. The minimum atomic E-state index is -3.60. The zero-order chi connectivity index (χ0) is 13.9.